The van der Waals surface area contributed by atoms with Crippen molar-refractivity contribution in [2.45, 2.75) is 51.7 Å². The number of nitriles is 1. The zero-order valence-corrected chi connectivity index (χ0v) is 15.8. The van der Waals surface area contributed by atoms with Gasteiger partial charge in [0.15, 0.2) is 11.8 Å². The van der Waals surface area contributed by atoms with Crippen LogP contribution in [0.15, 0.2) is 30.3 Å². The van der Waals surface area contributed by atoms with Crippen LogP contribution in [0, 0.1) is 17.2 Å². The first kappa shape index (κ1) is 20.6. The molecule has 0 spiro atoms. The number of carbonyl (C=O) groups excluding carboxylic acids is 3. The van der Waals surface area contributed by atoms with Crippen LogP contribution in [-0.4, -0.2) is 41.0 Å². The van der Waals surface area contributed by atoms with E-state index in [4.69, 9.17) is 14.8 Å². The van der Waals surface area contributed by atoms with E-state index in [0.29, 0.717) is 24.9 Å². The third-order valence-electron chi connectivity index (χ3n) is 4.11. The fourth-order valence-electron chi connectivity index (χ4n) is 2.99. The van der Waals surface area contributed by atoms with Crippen LogP contribution in [0.3, 0.4) is 0 Å². The van der Waals surface area contributed by atoms with Crippen LogP contribution in [0.25, 0.3) is 0 Å². The Morgan fingerprint density at radius 1 is 1.22 bits per heavy atom. The van der Waals surface area contributed by atoms with Gasteiger partial charge in [0.05, 0.1) is 18.1 Å². The average molecular weight is 372 g/mol. The van der Waals surface area contributed by atoms with Gasteiger partial charge in [-0.1, -0.05) is 18.2 Å². The molecule has 2 atom stereocenters. The number of hydroxylamine groups is 2. The van der Waals surface area contributed by atoms with Crippen LogP contribution < -0.4 is 0 Å². The Hall–Kier alpha value is -2.72. The van der Waals surface area contributed by atoms with E-state index in [2.05, 4.69) is 0 Å². The molecule has 0 amide bonds. The molecule has 1 aliphatic rings. The number of ketones is 1. The molecule has 2 rings (SSSR count). The summed E-state index contributed by atoms with van der Waals surface area (Å²) in [5, 5.41) is 10.1. The monoisotopic (exact) mass is 372 g/mol. The van der Waals surface area contributed by atoms with Gasteiger partial charge in [0, 0.05) is 12.5 Å². The highest BCUT2D eigenvalue weighted by molar-refractivity contribution is 5.91. The highest BCUT2D eigenvalue weighted by Crippen LogP contribution is 2.28. The minimum Gasteiger partial charge on any atom is -0.459 e. The highest BCUT2D eigenvalue weighted by atomic mass is 16.7. The van der Waals surface area contributed by atoms with Gasteiger partial charge in [-0.3, -0.25) is 9.59 Å². The van der Waals surface area contributed by atoms with Gasteiger partial charge in [-0.05, 0) is 45.7 Å². The summed E-state index contributed by atoms with van der Waals surface area (Å²) in [6, 6.07) is 9.16. The van der Waals surface area contributed by atoms with Gasteiger partial charge in [-0.25, -0.2) is 4.79 Å². The number of benzene rings is 1. The summed E-state index contributed by atoms with van der Waals surface area (Å²) in [6.07, 6.45) is 0.692. The van der Waals surface area contributed by atoms with E-state index >= 15 is 0 Å². The zero-order chi connectivity index (χ0) is 20.0. The van der Waals surface area contributed by atoms with E-state index in [1.807, 2.05) is 6.07 Å². The molecule has 0 aromatic heterocycles. The number of hydrogen-bond donors (Lipinski definition) is 0. The smallest absolute Gasteiger partial charge is 0.357 e. The molecule has 1 heterocycles. The lowest BCUT2D eigenvalue weighted by atomic mass is 9.85. The summed E-state index contributed by atoms with van der Waals surface area (Å²) in [6.45, 7) is 5.47. The Balaban J connectivity index is 2.26. The number of esters is 1. The number of piperidine rings is 1. The van der Waals surface area contributed by atoms with Gasteiger partial charge in [-0.2, -0.15) is 5.26 Å². The molecule has 0 saturated carbocycles. The third kappa shape index (κ3) is 5.63. The molecular weight excluding hydrogens is 348 g/mol. The van der Waals surface area contributed by atoms with E-state index in [1.54, 1.807) is 51.1 Å². The minimum atomic E-state index is -1.06. The van der Waals surface area contributed by atoms with Crippen LogP contribution >= 0.6 is 0 Å². The van der Waals surface area contributed by atoms with Gasteiger partial charge >= 0.3 is 11.9 Å². The summed E-state index contributed by atoms with van der Waals surface area (Å²) in [5.41, 5.74) is -0.419. The molecule has 0 radical (unpaired) electrons. The lowest BCUT2D eigenvalue weighted by Crippen LogP contribution is -2.54. The largest absolute Gasteiger partial charge is 0.459 e. The SMILES string of the molecule is CC(C)(C)OC(=O)C1C(C(=O)CC#N)CCCN1OC(=O)c1ccccc1. The molecule has 0 N–H and O–H groups in total. The van der Waals surface area contributed by atoms with Crippen molar-refractivity contribution in [1.29, 1.82) is 5.26 Å². The number of rotatable bonds is 5. The first-order valence-electron chi connectivity index (χ1n) is 8.89. The summed E-state index contributed by atoms with van der Waals surface area (Å²) < 4.78 is 5.45. The molecule has 0 bridgehead atoms. The van der Waals surface area contributed by atoms with Crippen LogP contribution in [-0.2, 0) is 19.2 Å². The number of ether oxygens (including phenoxy) is 1. The van der Waals surface area contributed by atoms with E-state index in [1.165, 1.54) is 5.06 Å². The maximum Gasteiger partial charge on any atom is 0.357 e. The maximum absolute atomic E-state index is 12.8. The summed E-state index contributed by atoms with van der Waals surface area (Å²) in [4.78, 5) is 43.0. The van der Waals surface area contributed by atoms with Gasteiger partial charge in [0.2, 0.25) is 0 Å². The molecule has 144 valence electrons. The van der Waals surface area contributed by atoms with Gasteiger partial charge in [0.1, 0.15) is 5.60 Å². The molecule has 7 nitrogen and oxygen atoms in total. The Bertz CT molecular complexity index is 733. The van der Waals surface area contributed by atoms with Gasteiger partial charge in [-0.15, -0.1) is 5.06 Å². The van der Waals surface area contributed by atoms with Crippen molar-refractivity contribution in [3.05, 3.63) is 35.9 Å². The second kappa shape index (κ2) is 8.78. The number of hydrogen-bond acceptors (Lipinski definition) is 7. The Morgan fingerprint density at radius 2 is 1.89 bits per heavy atom. The van der Waals surface area contributed by atoms with Crippen molar-refractivity contribution in [3.8, 4) is 6.07 Å². The Morgan fingerprint density at radius 3 is 2.48 bits per heavy atom. The van der Waals surface area contributed by atoms with E-state index in [0.717, 1.165) is 0 Å². The van der Waals surface area contributed by atoms with Crippen molar-refractivity contribution >= 4 is 17.7 Å². The quantitative estimate of drug-likeness (QED) is 0.733. The molecular formula is C20H24N2O5. The molecule has 1 aliphatic heterocycles. The fraction of sp³-hybridized carbons (Fsp3) is 0.500. The standard InChI is InChI=1S/C20H24N2O5/c1-20(2,3)26-19(25)17-15(16(23)11-12-21)10-7-13-22(17)27-18(24)14-8-5-4-6-9-14/h4-6,8-9,15,17H,7,10-11,13H2,1-3H3. The summed E-state index contributed by atoms with van der Waals surface area (Å²) >= 11 is 0. The first-order valence-corrected chi connectivity index (χ1v) is 8.89. The second-order valence-corrected chi connectivity index (χ2v) is 7.41. The van der Waals surface area contributed by atoms with Crippen molar-refractivity contribution in [3.63, 3.8) is 0 Å². The van der Waals surface area contributed by atoms with E-state index in [9.17, 15) is 14.4 Å². The van der Waals surface area contributed by atoms with Crippen molar-refractivity contribution in [2.24, 2.45) is 5.92 Å². The molecule has 1 aromatic rings. The van der Waals surface area contributed by atoms with E-state index < -0.39 is 29.5 Å². The number of carbonyl (C=O) groups is 3. The minimum absolute atomic E-state index is 0.301. The second-order valence-electron chi connectivity index (χ2n) is 7.41. The predicted molar refractivity (Wildman–Crippen MR) is 96.2 cm³/mol. The Labute approximate surface area is 158 Å². The van der Waals surface area contributed by atoms with Gasteiger partial charge < -0.3 is 9.57 Å². The number of nitrogens with zero attached hydrogens (tertiary/aromatic N) is 2. The molecule has 0 aliphatic carbocycles. The molecule has 2 unspecified atom stereocenters. The molecule has 7 heteroatoms. The predicted octanol–water partition coefficient (Wildman–Crippen LogP) is 2.66. The van der Waals surface area contributed by atoms with E-state index in [-0.39, 0.29) is 12.2 Å². The third-order valence-corrected chi connectivity index (χ3v) is 4.11. The van der Waals surface area contributed by atoms with Crippen molar-refractivity contribution in [2.75, 3.05) is 6.54 Å². The highest BCUT2D eigenvalue weighted by Gasteiger charge is 2.44. The normalized spacial score (nSPS) is 20.4. The molecule has 1 fully saturated rings. The summed E-state index contributed by atoms with van der Waals surface area (Å²) in [7, 11) is 0. The van der Waals surface area contributed by atoms with Crippen LogP contribution in [0.5, 0.6) is 0 Å². The lowest BCUT2D eigenvalue weighted by molar-refractivity contribution is -0.200. The molecule has 1 saturated heterocycles. The molecule has 27 heavy (non-hydrogen) atoms. The Kier molecular flexibility index (Phi) is 6.70. The summed E-state index contributed by atoms with van der Waals surface area (Å²) in [5.74, 6) is -2.36. The first-order chi connectivity index (χ1) is 12.7. The van der Waals surface area contributed by atoms with Crippen molar-refractivity contribution in [1.82, 2.24) is 5.06 Å². The van der Waals surface area contributed by atoms with Gasteiger partial charge in [0.25, 0.3) is 0 Å². The zero-order valence-electron chi connectivity index (χ0n) is 15.8. The average Bonchev–Trinajstić information content (AvgIpc) is 2.61. The topological polar surface area (TPSA) is 96.7 Å². The van der Waals surface area contributed by atoms with Crippen molar-refractivity contribution < 1.29 is 24.0 Å². The van der Waals surface area contributed by atoms with Crippen LogP contribution in [0.2, 0.25) is 0 Å². The molecule has 1 aromatic carbocycles. The van der Waals surface area contributed by atoms with Crippen LogP contribution in [0.1, 0.15) is 50.4 Å². The number of Topliss-reactive ketones (excluding diaryl/α,β-unsaturated/α-hetero) is 1. The fourth-order valence-corrected chi connectivity index (χ4v) is 2.99. The van der Waals surface area contributed by atoms with Crippen LogP contribution in [0.4, 0.5) is 0 Å². The lowest BCUT2D eigenvalue weighted by Gasteiger charge is -2.38. The maximum atomic E-state index is 12.8.